The third kappa shape index (κ3) is 3.32. The van der Waals surface area contributed by atoms with E-state index in [1.165, 1.54) is 30.7 Å². The Labute approximate surface area is 135 Å². The van der Waals surface area contributed by atoms with Crippen LogP contribution in [-0.2, 0) is 14.8 Å². The van der Waals surface area contributed by atoms with E-state index >= 15 is 0 Å². The zero-order chi connectivity index (χ0) is 15.6. The highest BCUT2D eigenvalue weighted by Gasteiger charge is 2.25. The van der Waals surface area contributed by atoms with Gasteiger partial charge in [-0.2, -0.15) is 0 Å². The molecule has 0 atom stereocenters. The van der Waals surface area contributed by atoms with E-state index < -0.39 is 16.0 Å². The Morgan fingerprint density at radius 1 is 1.29 bits per heavy atom. The first kappa shape index (κ1) is 16.1. The Bertz CT molecular complexity index is 786. The van der Waals surface area contributed by atoms with Gasteiger partial charge in [-0.05, 0) is 23.6 Å². The SMILES string of the molecule is COC(=O)c1sccc1S(=O)(=O)Nc1cccc(Cl)c1Cl. The molecular weight excluding hydrogens is 357 g/mol. The number of carbonyl (C=O) groups is 1. The van der Waals surface area contributed by atoms with Crippen LogP contribution in [0.4, 0.5) is 5.69 Å². The summed E-state index contributed by atoms with van der Waals surface area (Å²) in [5.74, 6) is -0.720. The third-order valence-corrected chi connectivity index (χ3v) is 5.74. The number of nitrogens with one attached hydrogen (secondary N) is 1. The first-order valence-electron chi connectivity index (χ1n) is 5.49. The second-order valence-corrected chi connectivity index (χ2v) is 7.16. The van der Waals surface area contributed by atoms with E-state index in [1.807, 2.05) is 0 Å². The van der Waals surface area contributed by atoms with Crippen molar-refractivity contribution in [2.75, 3.05) is 11.8 Å². The first-order valence-corrected chi connectivity index (χ1v) is 8.61. The van der Waals surface area contributed by atoms with Gasteiger partial charge in [-0.15, -0.1) is 11.3 Å². The average molecular weight is 366 g/mol. The summed E-state index contributed by atoms with van der Waals surface area (Å²) in [5, 5.41) is 1.79. The molecule has 0 aliphatic rings. The number of methoxy groups -OCH3 is 1. The average Bonchev–Trinajstić information content (AvgIpc) is 2.93. The monoisotopic (exact) mass is 365 g/mol. The zero-order valence-corrected chi connectivity index (χ0v) is 13.7. The molecule has 1 aromatic carbocycles. The predicted molar refractivity (Wildman–Crippen MR) is 82.9 cm³/mol. The summed E-state index contributed by atoms with van der Waals surface area (Å²) in [6.45, 7) is 0. The number of thiophene rings is 1. The Hall–Kier alpha value is -1.28. The van der Waals surface area contributed by atoms with Crippen molar-refractivity contribution in [2.45, 2.75) is 4.90 Å². The van der Waals surface area contributed by atoms with Crippen LogP contribution < -0.4 is 4.72 Å². The molecule has 0 bridgehead atoms. The van der Waals surface area contributed by atoms with E-state index in [0.717, 1.165) is 11.3 Å². The third-order valence-electron chi connectivity index (χ3n) is 2.49. The molecule has 1 aromatic heterocycles. The highest BCUT2D eigenvalue weighted by atomic mass is 35.5. The van der Waals surface area contributed by atoms with E-state index in [1.54, 1.807) is 6.07 Å². The van der Waals surface area contributed by atoms with E-state index in [9.17, 15) is 13.2 Å². The number of ether oxygens (including phenoxy) is 1. The van der Waals surface area contributed by atoms with Gasteiger partial charge >= 0.3 is 5.97 Å². The second-order valence-electron chi connectivity index (χ2n) is 3.81. The highest BCUT2D eigenvalue weighted by molar-refractivity contribution is 7.93. The van der Waals surface area contributed by atoms with Crippen LogP contribution in [0.3, 0.4) is 0 Å². The van der Waals surface area contributed by atoms with Gasteiger partial charge in [0.2, 0.25) is 0 Å². The largest absolute Gasteiger partial charge is 0.465 e. The number of hydrogen-bond donors (Lipinski definition) is 1. The first-order chi connectivity index (χ1) is 9.86. The zero-order valence-electron chi connectivity index (χ0n) is 10.6. The molecule has 0 aliphatic carbocycles. The van der Waals surface area contributed by atoms with E-state index in [4.69, 9.17) is 23.2 Å². The van der Waals surface area contributed by atoms with E-state index in [2.05, 4.69) is 9.46 Å². The van der Waals surface area contributed by atoms with Crippen molar-refractivity contribution in [3.05, 3.63) is 44.6 Å². The molecule has 0 saturated heterocycles. The van der Waals surface area contributed by atoms with Crippen LogP contribution in [0, 0.1) is 0 Å². The fourth-order valence-corrected chi connectivity index (χ4v) is 4.34. The summed E-state index contributed by atoms with van der Waals surface area (Å²) in [6.07, 6.45) is 0. The van der Waals surface area contributed by atoms with Gasteiger partial charge in [0.05, 0.1) is 22.8 Å². The molecule has 2 rings (SSSR count). The minimum absolute atomic E-state index is 0.0110. The molecule has 0 fully saturated rings. The van der Waals surface area contributed by atoms with Crippen molar-refractivity contribution in [2.24, 2.45) is 0 Å². The van der Waals surface area contributed by atoms with Gasteiger partial charge in [0.1, 0.15) is 9.77 Å². The molecule has 112 valence electrons. The van der Waals surface area contributed by atoms with Gasteiger partial charge in [-0.3, -0.25) is 4.72 Å². The highest BCUT2D eigenvalue weighted by Crippen LogP contribution is 2.32. The lowest BCUT2D eigenvalue weighted by Crippen LogP contribution is -2.16. The van der Waals surface area contributed by atoms with Crippen LogP contribution in [0.1, 0.15) is 9.67 Å². The molecule has 21 heavy (non-hydrogen) atoms. The number of sulfonamides is 1. The Balaban J connectivity index is 2.42. The van der Waals surface area contributed by atoms with Gasteiger partial charge in [-0.25, -0.2) is 13.2 Å². The van der Waals surface area contributed by atoms with Crippen LogP contribution >= 0.6 is 34.5 Å². The van der Waals surface area contributed by atoms with Crippen molar-refractivity contribution < 1.29 is 17.9 Å². The van der Waals surface area contributed by atoms with Gasteiger partial charge in [0.15, 0.2) is 0 Å². The molecule has 0 spiro atoms. The topological polar surface area (TPSA) is 72.5 Å². The Kier molecular flexibility index (Phi) is 4.77. The maximum Gasteiger partial charge on any atom is 0.349 e. The minimum atomic E-state index is -3.98. The normalized spacial score (nSPS) is 11.2. The van der Waals surface area contributed by atoms with Crippen molar-refractivity contribution >= 4 is 56.2 Å². The summed E-state index contributed by atoms with van der Waals surface area (Å²) < 4.78 is 31.6. The number of benzene rings is 1. The van der Waals surface area contributed by atoms with Gasteiger partial charge in [0, 0.05) is 0 Å². The van der Waals surface area contributed by atoms with Crippen molar-refractivity contribution in [3.63, 3.8) is 0 Å². The smallest absolute Gasteiger partial charge is 0.349 e. The molecule has 0 aliphatic heterocycles. The Morgan fingerprint density at radius 3 is 2.67 bits per heavy atom. The number of halogens is 2. The lowest BCUT2D eigenvalue weighted by molar-refractivity contribution is 0.0602. The maximum absolute atomic E-state index is 12.4. The molecule has 0 saturated carbocycles. The fraction of sp³-hybridized carbons (Fsp3) is 0.0833. The van der Waals surface area contributed by atoms with E-state index in [-0.39, 0.29) is 25.5 Å². The summed E-state index contributed by atoms with van der Waals surface area (Å²) in [7, 11) is -2.80. The summed E-state index contributed by atoms with van der Waals surface area (Å²) >= 11 is 12.7. The fourth-order valence-electron chi connectivity index (χ4n) is 1.53. The lowest BCUT2D eigenvalue weighted by Gasteiger charge is -2.10. The second kappa shape index (κ2) is 6.23. The lowest BCUT2D eigenvalue weighted by atomic mass is 10.3. The van der Waals surface area contributed by atoms with Gasteiger partial charge < -0.3 is 4.74 Å². The van der Waals surface area contributed by atoms with Gasteiger partial charge in [-0.1, -0.05) is 29.3 Å². The van der Waals surface area contributed by atoms with Crippen LogP contribution in [0.5, 0.6) is 0 Å². The standard InChI is InChI=1S/C12H9Cl2NO4S2/c1-19-12(16)11-9(5-6-20-11)21(17,18)15-8-4-2-3-7(13)10(8)14/h2-6,15H,1H3. The number of hydrogen-bond acceptors (Lipinski definition) is 5. The molecule has 5 nitrogen and oxygen atoms in total. The number of rotatable bonds is 4. The number of anilines is 1. The van der Waals surface area contributed by atoms with Crippen LogP contribution in [0.15, 0.2) is 34.5 Å². The molecular formula is C12H9Cl2NO4S2. The molecule has 9 heteroatoms. The Morgan fingerprint density at radius 2 is 2.00 bits per heavy atom. The van der Waals surface area contributed by atoms with Crippen LogP contribution in [0.25, 0.3) is 0 Å². The summed E-state index contributed by atoms with van der Waals surface area (Å²) in [4.78, 5) is 11.4. The van der Waals surface area contributed by atoms with Crippen LogP contribution in [0.2, 0.25) is 10.0 Å². The maximum atomic E-state index is 12.4. The molecule has 1 heterocycles. The molecule has 0 unspecified atom stereocenters. The summed E-state index contributed by atoms with van der Waals surface area (Å²) in [5.41, 5.74) is 0.131. The molecule has 0 radical (unpaired) electrons. The summed E-state index contributed by atoms with van der Waals surface area (Å²) in [6, 6.07) is 5.88. The quantitative estimate of drug-likeness (QED) is 0.839. The number of esters is 1. The minimum Gasteiger partial charge on any atom is -0.465 e. The van der Waals surface area contributed by atoms with Crippen molar-refractivity contribution in [3.8, 4) is 0 Å². The number of carbonyl (C=O) groups excluding carboxylic acids is 1. The predicted octanol–water partition coefficient (Wildman–Crippen LogP) is 3.64. The molecule has 2 aromatic rings. The van der Waals surface area contributed by atoms with Gasteiger partial charge in [0.25, 0.3) is 10.0 Å². The van der Waals surface area contributed by atoms with Crippen LogP contribution in [-0.4, -0.2) is 21.5 Å². The molecule has 1 N–H and O–H groups in total. The van der Waals surface area contributed by atoms with E-state index in [0.29, 0.717) is 0 Å². The molecule has 0 amide bonds. The van der Waals surface area contributed by atoms with Crippen molar-refractivity contribution in [1.82, 2.24) is 0 Å². The van der Waals surface area contributed by atoms with Crippen molar-refractivity contribution in [1.29, 1.82) is 0 Å².